The van der Waals surface area contributed by atoms with Crippen molar-refractivity contribution in [3.05, 3.63) is 10.8 Å². The first kappa shape index (κ1) is 13.8. The highest BCUT2D eigenvalue weighted by atomic mass is 35.7. The molecule has 0 amide bonds. The van der Waals surface area contributed by atoms with Crippen LogP contribution < -0.4 is 0 Å². The van der Waals surface area contributed by atoms with E-state index in [0.29, 0.717) is 12.2 Å². The van der Waals surface area contributed by atoms with E-state index in [-0.39, 0.29) is 10.0 Å². The summed E-state index contributed by atoms with van der Waals surface area (Å²) in [6.45, 7) is 7.90. The Morgan fingerprint density at radius 2 is 1.88 bits per heavy atom. The molecule has 0 aliphatic heterocycles. The predicted octanol–water partition coefficient (Wildman–Crippen LogP) is 2.78. The molecule has 0 saturated carbocycles. The molecule has 1 aromatic rings. The van der Waals surface area contributed by atoms with Crippen molar-refractivity contribution in [2.45, 2.75) is 44.6 Å². The molecule has 1 heterocycles. The molecule has 1 aromatic heterocycles. The lowest BCUT2D eigenvalue weighted by molar-refractivity contribution is 0.531. The second kappa shape index (κ2) is 4.20. The highest BCUT2D eigenvalue weighted by molar-refractivity contribution is 8.13. The third-order valence-electron chi connectivity index (χ3n) is 2.10. The van der Waals surface area contributed by atoms with Gasteiger partial charge in [-0.2, -0.15) is 5.10 Å². The minimum Gasteiger partial charge on any atom is -0.253 e. The summed E-state index contributed by atoms with van der Waals surface area (Å²) in [7, 11) is 1.50. The molecule has 16 heavy (non-hydrogen) atoms. The largest absolute Gasteiger partial charge is 0.266 e. The summed E-state index contributed by atoms with van der Waals surface area (Å²) in [6, 6.07) is 0. The molecular formula is C9H14Cl2N2O2S. The maximum absolute atomic E-state index is 11.5. The average molecular weight is 285 g/mol. The molecule has 1 rings (SSSR count). The number of hydrogen-bond acceptors (Lipinski definition) is 3. The molecule has 0 saturated heterocycles. The molecule has 0 atom stereocenters. The Balaban J connectivity index is 3.63. The summed E-state index contributed by atoms with van der Waals surface area (Å²) in [5.41, 5.74) is -0.0317. The van der Waals surface area contributed by atoms with Crippen LogP contribution in [0.5, 0.6) is 0 Å². The van der Waals surface area contributed by atoms with E-state index in [9.17, 15) is 8.42 Å². The molecule has 0 spiro atoms. The monoisotopic (exact) mass is 284 g/mol. The topological polar surface area (TPSA) is 52.0 Å². The van der Waals surface area contributed by atoms with E-state index in [1.54, 1.807) is 0 Å². The van der Waals surface area contributed by atoms with Gasteiger partial charge in [0, 0.05) is 22.6 Å². The Morgan fingerprint density at radius 3 is 2.12 bits per heavy atom. The van der Waals surface area contributed by atoms with Crippen LogP contribution in [0, 0.1) is 0 Å². The smallest absolute Gasteiger partial charge is 0.253 e. The fourth-order valence-corrected chi connectivity index (χ4v) is 3.33. The van der Waals surface area contributed by atoms with Gasteiger partial charge in [-0.1, -0.05) is 32.4 Å². The molecule has 92 valence electrons. The first-order chi connectivity index (χ1) is 7.09. The van der Waals surface area contributed by atoms with Crippen molar-refractivity contribution in [1.29, 1.82) is 0 Å². The van der Waals surface area contributed by atoms with Crippen molar-refractivity contribution in [3.8, 4) is 0 Å². The maximum atomic E-state index is 11.5. The molecule has 0 fully saturated rings. The number of nitrogens with zero attached hydrogens (tertiary/aromatic N) is 2. The fraction of sp³-hybridized carbons (Fsp3) is 0.667. The molecule has 0 N–H and O–H groups in total. The minimum absolute atomic E-state index is 0.0717. The molecule has 0 unspecified atom stereocenters. The van der Waals surface area contributed by atoms with Crippen LogP contribution >= 0.6 is 22.3 Å². The fourth-order valence-electron chi connectivity index (χ4n) is 1.34. The number of halogens is 2. The van der Waals surface area contributed by atoms with E-state index in [0.717, 1.165) is 0 Å². The summed E-state index contributed by atoms with van der Waals surface area (Å²) in [6.07, 6.45) is 0. The molecule has 0 aliphatic carbocycles. The van der Waals surface area contributed by atoms with Crippen molar-refractivity contribution < 1.29 is 8.42 Å². The Labute approximate surface area is 105 Å². The van der Waals surface area contributed by atoms with E-state index in [1.165, 1.54) is 4.68 Å². The Morgan fingerprint density at radius 1 is 1.38 bits per heavy atom. The Hall–Kier alpha value is -0.260. The van der Waals surface area contributed by atoms with Crippen LogP contribution in [0.3, 0.4) is 0 Å². The van der Waals surface area contributed by atoms with Gasteiger partial charge >= 0.3 is 0 Å². The van der Waals surface area contributed by atoms with Crippen molar-refractivity contribution in [3.63, 3.8) is 0 Å². The third kappa shape index (κ3) is 2.52. The van der Waals surface area contributed by atoms with Crippen molar-refractivity contribution in [1.82, 2.24) is 9.78 Å². The number of rotatable bonds is 2. The summed E-state index contributed by atoms with van der Waals surface area (Å²) in [5, 5.41) is 4.26. The van der Waals surface area contributed by atoms with Gasteiger partial charge in [0.1, 0.15) is 10.0 Å². The van der Waals surface area contributed by atoms with Gasteiger partial charge in [0.05, 0.1) is 5.69 Å². The van der Waals surface area contributed by atoms with E-state index in [2.05, 4.69) is 5.10 Å². The first-order valence-electron chi connectivity index (χ1n) is 4.80. The highest BCUT2D eigenvalue weighted by Crippen LogP contribution is 2.35. The zero-order chi connectivity index (χ0) is 12.7. The van der Waals surface area contributed by atoms with E-state index in [1.807, 2.05) is 27.7 Å². The summed E-state index contributed by atoms with van der Waals surface area (Å²) in [4.78, 5) is -0.0785. The van der Waals surface area contributed by atoms with E-state index in [4.69, 9.17) is 22.3 Å². The van der Waals surface area contributed by atoms with Gasteiger partial charge in [0.2, 0.25) is 0 Å². The average Bonchev–Trinajstić information content (AvgIpc) is 2.40. The lowest BCUT2D eigenvalue weighted by atomic mass is 9.92. The Kier molecular flexibility index (Phi) is 3.62. The van der Waals surface area contributed by atoms with Gasteiger partial charge < -0.3 is 0 Å². The quantitative estimate of drug-likeness (QED) is 0.785. The molecule has 0 bridgehead atoms. The SMILES string of the molecule is CCn1nc(C(C)(C)C)c(S(=O)(=O)Cl)c1Cl. The Bertz CT molecular complexity index is 500. The van der Waals surface area contributed by atoms with Crippen LogP contribution in [0.15, 0.2) is 4.90 Å². The molecule has 0 aliphatic rings. The zero-order valence-electron chi connectivity index (χ0n) is 9.58. The van der Waals surface area contributed by atoms with Crippen molar-refractivity contribution in [2.75, 3.05) is 0 Å². The van der Waals surface area contributed by atoms with Crippen LogP contribution in [0.2, 0.25) is 5.15 Å². The van der Waals surface area contributed by atoms with Crippen LogP contribution in [-0.4, -0.2) is 18.2 Å². The van der Waals surface area contributed by atoms with Gasteiger partial charge in [0.15, 0.2) is 0 Å². The van der Waals surface area contributed by atoms with Gasteiger partial charge in [-0.05, 0) is 6.92 Å². The molecule has 4 nitrogen and oxygen atoms in total. The lowest BCUT2D eigenvalue weighted by Gasteiger charge is -2.16. The standard InChI is InChI=1S/C9H14Cl2N2O2S/c1-5-13-8(10)6(16(11,14)15)7(12-13)9(2,3)4/h5H2,1-4H3. The van der Waals surface area contributed by atoms with Crippen LogP contribution in [0.25, 0.3) is 0 Å². The maximum Gasteiger partial charge on any atom is 0.266 e. The summed E-state index contributed by atoms with van der Waals surface area (Å²) >= 11 is 5.96. The van der Waals surface area contributed by atoms with Gasteiger partial charge in [-0.15, -0.1) is 0 Å². The zero-order valence-corrected chi connectivity index (χ0v) is 11.9. The second-order valence-electron chi connectivity index (χ2n) is 4.47. The van der Waals surface area contributed by atoms with Gasteiger partial charge in [0.25, 0.3) is 9.05 Å². The van der Waals surface area contributed by atoms with Crippen LogP contribution in [0.4, 0.5) is 0 Å². The molecule has 0 radical (unpaired) electrons. The van der Waals surface area contributed by atoms with Crippen LogP contribution in [0.1, 0.15) is 33.4 Å². The third-order valence-corrected chi connectivity index (χ3v) is 3.94. The lowest BCUT2D eigenvalue weighted by Crippen LogP contribution is -2.15. The van der Waals surface area contributed by atoms with E-state index < -0.39 is 14.5 Å². The van der Waals surface area contributed by atoms with E-state index >= 15 is 0 Å². The number of aromatic nitrogens is 2. The number of aryl methyl sites for hydroxylation is 1. The predicted molar refractivity (Wildman–Crippen MR) is 64.6 cm³/mol. The van der Waals surface area contributed by atoms with Gasteiger partial charge in [-0.3, -0.25) is 4.68 Å². The van der Waals surface area contributed by atoms with Gasteiger partial charge in [-0.25, -0.2) is 8.42 Å². The van der Waals surface area contributed by atoms with Crippen molar-refractivity contribution >= 4 is 31.3 Å². The normalized spacial score (nSPS) is 13.1. The van der Waals surface area contributed by atoms with Crippen molar-refractivity contribution in [2.24, 2.45) is 0 Å². The minimum atomic E-state index is -3.88. The summed E-state index contributed by atoms with van der Waals surface area (Å²) in [5.74, 6) is 0. The molecular weight excluding hydrogens is 271 g/mol. The van der Waals surface area contributed by atoms with Crippen LogP contribution in [-0.2, 0) is 21.0 Å². The molecule has 7 heteroatoms. The molecule has 0 aromatic carbocycles. The first-order valence-corrected chi connectivity index (χ1v) is 7.49. The second-order valence-corrected chi connectivity index (χ2v) is 7.33. The summed E-state index contributed by atoms with van der Waals surface area (Å²) < 4.78 is 24.4. The number of hydrogen-bond donors (Lipinski definition) is 0. The highest BCUT2D eigenvalue weighted by Gasteiger charge is 2.32.